The molecule has 27 heavy (non-hydrogen) atoms. The molecule has 2 heterocycles. The van der Waals surface area contributed by atoms with E-state index in [1.165, 1.54) is 18.6 Å². The average Bonchev–Trinajstić information content (AvgIpc) is 2.68. The third-order valence-electron chi connectivity index (χ3n) is 5.72. The van der Waals surface area contributed by atoms with Gasteiger partial charge in [-0.25, -0.2) is 4.79 Å². The quantitative estimate of drug-likeness (QED) is 0.880. The van der Waals surface area contributed by atoms with Gasteiger partial charge < -0.3 is 14.9 Å². The van der Waals surface area contributed by atoms with Crippen LogP contribution in [0.15, 0.2) is 24.3 Å². The normalized spacial score (nSPS) is 21.1. The first-order chi connectivity index (χ1) is 12.9. The van der Waals surface area contributed by atoms with E-state index in [0.29, 0.717) is 19.0 Å². The maximum absolute atomic E-state index is 12.7. The second-order valence-corrected chi connectivity index (χ2v) is 7.87. The Morgan fingerprint density at radius 3 is 2.26 bits per heavy atom. The fraction of sp³-hybridized carbons (Fsp3) is 0.571. The average molecular weight is 372 g/mol. The lowest BCUT2D eigenvalue weighted by molar-refractivity contribution is -0.141. The highest BCUT2D eigenvalue weighted by Gasteiger charge is 2.31. The first-order valence-corrected chi connectivity index (χ1v) is 9.83. The molecule has 2 fully saturated rings. The molecule has 2 saturated heterocycles. The molecule has 1 aromatic carbocycles. The minimum absolute atomic E-state index is 0.0363. The Kier molecular flexibility index (Phi) is 6.14. The van der Waals surface area contributed by atoms with E-state index in [1.807, 2.05) is 9.80 Å². The Labute approximate surface area is 160 Å². The molecule has 0 radical (unpaired) electrons. The monoisotopic (exact) mass is 372 g/mol. The second-order valence-electron chi connectivity index (χ2n) is 7.87. The molecule has 0 spiro atoms. The number of nitrogens with zero attached hydrogens (tertiary/aromatic N) is 2. The number of hydrogen-bond donors (Lipinski definition) is 1. The molecule has 2 aliphatic heterocycles. The molecule has 0 bridgehead atoms. The standard InChI is InChI=1S/C21H28N2O4/c1-15-3-2-10-23(14-15)20(25)17-8-11-22(12-9-17)19(24)13-16-4-6-18(7-5-16)21(26)27/h4-7,15,17H,2-3,8-14H2,1H3,(H,26,27). The molecule has 0 aliphatic carbocycles. The van der Waals surface area contributed by atoms with Crippen molar-refractivity contribution < 1.29 is 19.5 Å². The van der Waals surface area contributed by atoms with Crippen molar-refractivity contribution >= 4 is 17.8 Å². The van der Waals surface area contributed by atoms with Gasteiger partial charge in [0.1, 0.15) is 0 Å². The van der Waals surface area contributed by atoms with Crippen LogP contribution in [0, 0.1) is 11.8 Å². The minimum atomic E-state index is -0.970. The molecule has 1 unspecified atom stereocenters. The molecule has 1 aromatic rings. The van der Waals surface area contributed by atoms with E-state index >= 15 is 0 Å². The molecule has 6 nitrogen and oxygen atoms in total. The van der Waals surface area contributed by atoms with Gasteiger partial charge in [0.05, 0.1) is 12.0 Å². The number of benzene rings is 1. The molecule has 1 atom stereocenters. The van der Waals surface area contributed by atoms with Crippen LogP contribution in [-0.4, -0.2) is 58.9 Å². The fourth-order valence-electron chi connectivity index (χ4n) is 4.08. The number of aromatic carboxylic acids is 1. The number of rotatable bonds is 4. The summed E-state index contributed by atoms with van der Waals surface area (Å²) >= 11 is 0. The zero-order valence-electron chi connectivity index (χ0n) is 15.9. The predicted octanol–water partition coefficient (Wildman–Crippen LogP) is 2.42. The summed E-state index contributed by atoms with van der Waals surface area (Å²) in [6.07, 6.45) is 4.01. The van der Waals surface area contributed by atoms with Crippen molar-refractivity contribution in [2.24, 2.45) is 11.8 Å². The van der Waals surface area contributed by atoms with E-state index in [0.717, 1.165) is 37.9 Å². The van der Waals surface area contributed by atoms with Gasteiger partial charge in [0.15, 0.2) is 0 Å². The van der Waals surface area contributed by atoms with Gasteiger partial charge in [-0.15, -0.1) is 0 Å². The van der Waals surface area contributed by atoms with E-state index < -0.39 is 5.97 Å². The first kappa shape index (κ1) is 19.4. The number of carboxylic acids is 1. The van der Waals surface area contributed by atoms with Crippen LogP contribution in [0.25, 0.3) is 0 Å². The Bertz CT molecular complexity index is 693. The molecule has 146 valence electrons. The zero-order chi connectivity index (χ0) is 19.4. The van der Waals surface area contributed by atoms with Crippen molar-refractivity contribution in [3.05, 3.63) is 35.4 Å². The number of piperidine rings is 2. The van der Waals surface area contributed by atoms with Gasteiger partial charge in [-0.3, -0.25) is 9.59 Å². The van der Waals surface area contributed by atoms with Crippen LogP contribution in [0.5, 0.6) is 0 Å². The van der Waals surface area contributed by atoms with Crippen molar-refractivity contribution in [3.8, 4) is 0 Å². The van der Waals surface area contributed by atoms with Gasteiger partial charge >= 0.3 is 5.97 Å². The van der Waals surface area contributed by atoms with Crippen LogP contribution < -0.4 is 0 Å². The molecule has 2 amide bonds. The lowest BCUT2D eigenvalue weighted by atomic mass is 9.92. The maximum atomic E-state index is 12.7. The zero-order valence-corrected chi connectivity index (χ0v) is 15.9. The van der Waals surface area contributed by atoms with Crippen molar-refractivity contribution in [1.82, 2.24) is 9.80 Å². The lowest BCUT2D eigenvalue weighted by Gasteiger charge is -2.37. The van der Waals surface area contributed by atoms with Crippen LogP contribution in [0.4, 0.5) is 0 Å². The molecular weight excluding hydrogens is 344 g/mol. The van der Waals surface area contributed by atoms with Crippen LogP contribution in [0.1, 0.15) is 48.5 Å². The third kappa shape index (κ3) is 4.87. The summed E-state index contributed by atoms with van der Waals surface area (Å²) in [7, 11) is 0. The molecule has 2 aliphatic rings. The number of carbonyl (C=O) groups is 3. The molecule has 0 aromatic heterocycles. The first-order valence-electron chi connectivity index (χ1n) is 9.83. The molecule has 0 saturated carbocycles. The van der Waals surface area contributed by atoms with E-state index in [-0.39, 0.29) is 29.7 Å². The van der Waals surface area contributed by atoms with Crippen molar-refractivity contribution in [3.63, 3.8) is 0 Å². The Morgan fingerprint density at radius 1 is 1.00 bits per heavy atom. The Morgan fingerprint density at radius 2 is 1.67 bits per heavy atom. The second kappa shape index (κ2) is 8.55. The largest absolute Gasteiger partial charge is 0.478 e. The number of carbonyl (C=O) groups excluding carboxylic acids is 2. The number of likely N-dealkylation sites (tertiary alicyclic amines) is 2. The van der Waals surface area contributed by atoms with Gasteiger partial charge in [0.25, 0.3) is 0 Å². The van der Waals surface area contributed by atoms with Crippen molar-refractivity contribution in [1.29, 1.82) is 0 Å². The lowest BCUT2D eigenvalue weighted by Crippen LogP contribution is -2.47. The number of hydrogen-bond acceptors (Lipinski definition) is 3. The van der Waals surface area contributed by atoms with Crippen molar-refractivity contribution in [2.75, 3.05) is 26.2 Å². The highest BCUT2D eigenvalue weighted by atomic mass is 16.4. The van der Waals surface area contributed by atoms with Crippen molar-refractivity contribution in [2.45, 2.75) is 39.0 Å². The van der Waals surface area contributed by atoms with Gasteiger partial charge in [-0.2, -0.15) is 0 Å². The summed E-state index contributed by atoms with van der Waals surface area (Å²) in [5.74, 6) is -0.0534. The summed E-state index contributed by atoms with van der Waals surface area (Å²) in [6.45, 7) is 5.17. The van der Waals surface area contributed by atoms with E-state index in [2.05, 4.69) is 6.92 Å². The topological polar surface area (TPSA) is 77.9 Å². The summed E-state index contributed by atoms with van der Waals surface area (Å²) < 4.78 is 0. The summed E-state index contributed by atoms with van der Waals surface area (Å²) in [6, 6.07) is 6.43. The Hall–Kier alpha value is -2.37. The van der Waals surface area contributed by atoms with E-state index in [4.69, 9.17) is 5.11 Å². The number of amides is 2. The van der Waals surface area contributed by atoms with E-state index in [9.17, 15) is 14.4 Å². The highest BCUT2D eigenvalue weighted by Crippen LogP contribution is 2.24. The summed E-state index contributed by atoms with van der Waals surface area (Å²) in [5.41, 5.74) is 1.03. The van der Waals surface area contributed by atoms with Gasteiger partial charge in [-0.05, 0) is 49.3 Å². The minimum Gasteiger partial charge on any atom is -0.478 e. The SMILES string of the molecule is CC1CCCN(C(=O)C2CCN(C(=O)Cc3ccc(C(=O)O)cc3)CC2)C1. The van der Waals surface area contributed by atoms with Gasteiger partial charge in [-0.1, -0.05) is 19.1 Å². The molecule has 3 rings (SSSR count). The van der Waals surface area contributed by atoms with Crippen LogP contribution >= 0.6 is 0 Å². The van der Waals surface area contributed by atoms with Gasteiger partial charge in [0, 0.05) is 32.1 Å². The summed E-state index contributed by atoms with van der Waals surface area (Å²) in [5, 5.41) is 8.93. The maximum Gasteiger partial charge on any atom is 0.335 e. The third-order valence-corrected chi connectivity index (χ3v) is 5.72. The van der Waals surface area contributed by atoms with Gasteiger partial charge in [0.2, 0.25) is 11.8 Å². The van der Waals surface area contributed by atoms with Crippen LogP contribution in [0.3, 0.4) is 0 Å². The molecular formula is C21H28N2O4. The smallest absolute Gasteiger partial charge is 0.335 e. The van der Waals surface area contributed by atoms with Crippen LogP contribution in [-0.2, 0) is 16.0 Å². The molecule has 6 heteroatoms. The fourth-order valence-corrected chi connectivity index (χ4v) is 4.08. The predicted molar refractivity (Wildman–Crippen MR) is 101 cm³/mol. The van der Waals surface area contributed by atoms with E-state index in [1.54, 1.807) is 12.1 Å². The summed E-state index contributed by atoms with van der Waals surface area (Å²) in [4.78, 5) is 40.0. The van der Waals surface area contributed by atoms with Crippen LogP contribution in [0.2, 0.25) is 0 Å². The highest BCUT2D eigenvalue weighted by molar-refractivity contribution is 5.88. The number of carboxylic acid groups (broad SMARTS) is 1. The Balaban J connectivity index is 1.48. The molecule has 1 N–H and O–H groups in total.